The molecule has 2 aromatic heterocycles. The summed E-state index contributed by atoms with van der Waals surface area (Å²) in [5.41, 5.74) is 4.50. The third-order valence-electron chi connectivity index (χ3n) is 5.29. The van der Waals surface area contributed by atoms with E-state index >= 15 is 0 Å². The van der Waals surface area contributed by atoms with E-state index < -0.39 is 11.9 Å². The van der Waals surface area contributed by atoms with Gasteiger partial charge in [0.1, 0.15) is 0 Å². The highest BCUT2D eigenvalue weighted by Gasteiger charge is 2.14. The van der Waals surface area contributed by atoms with Crippen molar-refractivity contribution in [1.29, 1.82) is 0 Å². The highest BCUT2D eigenvalue weighted by atomic mass is 16.5. The summed E-state index contributed by atoms with van der Waals surface area (Å²) in [6.45, 7) is 0. The molecule has 2 heterocycles. The molecule has 3 aromatic carbocycles. The average molecular weight is 448 g/mol. The van der Waals surface area contributed by atoms with Gasteiger partial charge in [0.15, 0.2) is 0 Å². The molecule has 0 spiro atoms. The normalized spacial score (nSPS) is 10.6. The number of benzene rings is 3. The Morgan fingerprint density at radius 2 is 0.882 bits per heavy atom. The lowest BCUT2D eigenvalue weighted by Crippen LogP contribution is -2.11. The van der Waals surface area contributed by atoms with E-state index in [1.807, 2.05) is 60.7 Å². The van der Waals surface area contributed by atoms with Crippen molar-refractivity contribution in [2.24, 2.45) is 0 Å². The molecule has 166 valence electrons. The van der Waals surface area contributed by atoms with E-state index in [0.29, 0.717) is 22.9 Å². The van der Waals surface area contributed by atoms with Crippen LogP contribution in [0.1, 0.15) is 20.7 Å². The fourth-order valence-corrected chi connectivity index (χ4v) is 3.52. The minimum Gasteiger partial charge on any atom is -0.406 e. The van der Waals surface area contributed by atoms with Gasteiger partial charge in [-0.25, -0.2) is 9.59 Å². The van der Waals surface area contributed by atoms with Crippen molar-refractivity contribution in [2.75, 3.05) is 0 Å². The van der Waals surface area contributed by atoms with Gasteiger partial charge in [0.25, 0.3) is 0 Å². The Bertz CT molecular complexity index is 1310. The monoisotopic (exact) mass is 448 g/mol. The van der Waals surface area contributed by atoms with Gasteiger partial charge in [0.2, 0.25) is 11.8 Å². The van der Waals surface area contributed by atoms with Gasteiger partial charge in [0.05, 0.1) is 11.1 Å². The van der Waals surface area contributed by atoms with E-state index in [1.165, 1.54) is 24.3 Å². The Kier molecular flexibility index (Phi) is 5.78. The van der Waals surface area contributed by atoms with Crippen LogP contribution in [0.25, 0.3) is 22.3 Å². The molecule has 6 heteroatoms. The highest BCUT2D eigenvalue weighted by Crippen LogP contribution is 2.25. The molecule has 2 N–H and O–H groups in total. The van der Waals surface area contributed by atoms with E-state index in [9.17, 15) is 9.59 Å². The molecule has 0 atom stereocenters. The van der Waals surface area contributed by atoms with Crippen LogP contribution in [0.2, 0.25) is 0 Å². The number of aromatic amines is 2. The van der Waals surface area contributed by atoms with Gasteiger partial charge in [-0.2, -0.15) is 0 Å². The minimum atomic E-state index is -0.529. The minimum absolute atomic E-state index is 0.318. The Labute approximate surface area is 195 Å². The predicted molar refractivity (Wildman–Crippen MR) is 129 cm³/mol. The number of ether oxygens (including phenoxy) is 2. The van der Waals surface area contributed by atoms with Crippen LogP contribution in [-0.2, 0) is 0 Å². The summed E-state index contributed by atoms with van der Waals surface area (Å²) in [5, 5.41) is 0. The number of carbonyl (C=O) groups excluding carboxylic acids is 2. The fourth-order valence-electron chi connectivity index (χ4n) is 3.52. The van der Waals surface area contributed by atoms with E-state index in [0.717, 1.165) is 22.3 Å². The van der Waals surface area contributed by atoms with Crippen molar-refractivity contribution in [3.63, 3.8) is 0 Å². The van der Waals surface area contributed by atoms with Crippen molar-refractivity contribution < 1.29 is 19.1 Å². The lowest BCUT2D eigenvalue weighted by molar-refractivity contribution is 0.0714. The third-order valence-corrected chi connectivity index (χ3v) is 5.29. The zero-order chi connectivity index (χ0) is 23.3. The van der Waals surface area contributed by atoms with Gasteiger partial charge < -0.3 is 19.4 Å². The molecule has 0 aliphatic carbocycles. The van der Waals surface area contributed by atoms with Gasteiger partial charge in [-0.1, -0.05) is 60.7 Å². The Balaban J connectivity index is 1.21. The Morgan fingerprint density at radius 3 is 1.26 bits per heavy atom. The number of H-pyrrole nitrogens is 2. The van der Waals surface area contributed by atoms with Crippen molar-refractivity contribution in [3.8, 4) is 34.0 Å². The molecule has 0 fully saturated rings. The SMILES string of the molecule is O=C(Oc1cc(-c2ccccc2)c[nH]1)c1ccc(C(=O)Oc2cc(-c3ccccc3)c[nH]2)cc1. The van der Waals surface area contributed by atoms with E-state index in [4.69, 9.17) is 9.47 Å². The number of aromatic nitrogens is 2. The van der Waals surface area contributed by atoms with Gasteiger partial charge in [-0.15, -0.1) is 0 Å². The fraction of sp³-hybridized carbons (Fsp3) is 0. The lowest BCUT2D eigenvalue weighted by atomic mass is 10.1. The topological polar surface area (TPSA) is 84.2 Å². The van der Waals surface area contributed by atoms with Crippen LogP contribution in [0.3, 0.4) is 0 Å². The molecule has 6 nitrogen and oxygen atoms in total. The molecule has 0 aliphatic heterocycles. The quantitative estimate of drug-likeness (QED) is 0.307. The molecule has 0 bridgehead atoms. The van der Waals surface area contributed by atoms with E-state index in [1.54, 1.807) is 24.5 Å². The van der Waals surface area contributed by atoms with E-state index in [2.05, 4.69) is 9.97 Å². The van der Waals surface area contributed by atoms with Gasteiger partial charge in [-0.3, -0.25) is 0 Å². The number of carbonyl (C=O) groups is 2. The first-order valence-electron chi connectivity index (χ1n) is 10.7. The molecule has 0 aliphatic rings. The zero-order valence-electron chi connectivity index (χ0n) is 18.0. The summed E-state index contributed by atoms with van der Waals surface area (Å²) in [7, 11) is 0. The smallest absolute Gasteiger partial charge is 0.344 e. The second-order valence-corrected chi connectivity index (χ2v) is 7.59. The number of esters is 2. The maximum Gasteiger partial charge on any atom is 0.344 e. The van der Waals surface area contributed by atoms with Crippen LogP contribution >= 0.6 is 0 Å². The summed E-state index contributed by atoms with van der Waals surface area (Å²) >= 11 is 0. The van der Waals surface area contributed by atoms with Crippen LogP contribution in [0, 0.1) is 0 Å². The zero-order valence-corrected chi connectivity index (χ0v) is 18.0. The van der Waals surface area contributed by atoms with Gasteiger partial charge in [-0.05, 0) is 35.4 Å². The third kappa shape index (κ3) is 4.66. The van der Waals surface area contributed by atoms with Crippen molar-refractivity contribution in [3.05, 3.63) is 121 Å². The second-order valence-electron chi connectivity index (χ2n) is 7.59. The molecule has 0 saturated carbocycles. The van der Waals surface area contributed by atoms with Crippen LogP contribution in [0.5, 0.6) is 11.8 Å². The Morgan fingerprint density at radius 1 is 0.500 bits per heavy atom. The summed E-state index contributed by atoms with van der Waals surface area (Å²) in [6, 6.07) is 29.2. The van der Waals surface area contributed by atoms with Crippen LogP contribution in [0.4, 0.5) is 0 Å². The molecule has 5 aromatic rings. The summed E-state index contributed by atoms with van der Waals surface area (Å²) in [5.74, 6) is -0.377. The number of hydrogen-bond donors (Lipinski definition) is 2. The predicted octanol–water partition coefficient (Wildman–Crippen LogP) is 6.12. The summed E-state index contributed by atoms with van der Waals surface area (Å²) in [4.78, 5) is 30.9. The van der Waals surface area contributed by atoms with Crippen LogP contribution < -0.4 is 9.47 Å². The largest absolute Gasteiger partial charge is 0.406 e. The molecule has 34 heavy (non-hydrogen) atoms. The molecule has 0 amide bonds. The van der Waals surface area contributed by atoms with Crippen molar-refractivity contribution >= 4 is 11.9 Å². The highest BCUT2D eigenvalue weighted by molar-refractivity contribution is 5.95. The first kappa shape index (κ1) is 21.0. The molecular weight excluding hydrogens is 428 g/mol. The maximum atomic E-state index is 12.5. The molecule has 5 rings (SSSR count). The number of hydrogen-bond acceptors (Lipinski definition) is 4. The van der Waals surface area contributed by atoms with Crippen LogP contribution in [-0.4, -0.2) is 21.9 Å². The standard InChI is InChI=1S/C28H20N2O4/c31-27(33-25-15-23(17-29-25)19-7-3-1-4-8-19)21-11-13-22(14-12-21)28(32)34-26-16-24(18-30-26)20-9-5-2-6-10-20/h1-18,29-30H. The van der Waals surface area contributed by atoms with Crippen LogP contribution in [0.15, 0.2) is 109 Å². The van der Waals surface area contributed by atoms with Gasteiger partial charge in [0, 0.05) is 35.7 Å². The number of nitrogens with one attached hydrogen (secondary N) is 2. The second kappa shape index (κ2) is 9.34. The first-order valence-corrected chi connectivity index (χ1v) is 10.7. The van der Waals surface area contributed by atoms with Crippen molar-refractivity contribution in [2.45, 2.75) is 0 Å². The molecule has 0 radical (unpaired) electrons. The maximum absolute atomic E-state index is 12.5. The van der Waals surface area contributed by atoms with Crippen molar-refractivity contribution in [1.82, 2.24) is 9.97 Å². The molecular formula is C28H20N2O4. The van der Waals surface area contributed by atoms with E-state index in [-0.39, 0.29) is 0 Å². The first-order chi connectivity index (χ1) is 16.7. The average Bonchev–Trinajstić information content (AvgIpc) is 3.55. The molecule has 0 unspecified atom stereocenters. The lowest BCUT2D eigenvalue weighted by Gasteiger charge is -2.04. The van der Waals surface area contributed by atoms with Gasteiger partial charge >= 0.3 is 11.9 Å². The molecule has 0 saturated heterocycles. The Hall–Kier alpha value is -4.84. The summed E-state index contributed by atoms with van der Waals surface area (Å²) in [6.07, 6.45) is 3.56. The number of rotatable bonds is 6. The summed E-state index contributed by atoms with van der Waals surface area (Å²) < 4.78 is 10.9.